The number of hydrogen-bond donors (Lipinski definition) is 0. The lowest BCUT2D eigenvalue weighted by molar-refractivity contribution is 0.624. The van der Waals surface area contributed by atoms with Gasteiger partial charge in [0.15, 0.2) is 0 Å². The summed E-state index contributed by atoms with van der Waals surface area (Å²) in [4.78, 5) is 0. The van der Waals surface area contributed by atoms with Crippen molar-refractivity contribution < 1.29 is 4.39 Å². The lowest BCUT2D eigenvalue weighted by atomic mass is 9.84. The summed E-state index contributed by atoms with van der Waals surface area (Å²) in [5.74, 6) is -0.636. The van der Waals surface area contributed by atoms with Gasteiger partial charge in [0.1, 0.15) is 11.9 Å². The number of rotatable bonds is 3. The van der Waals surface area contributed by atoms with E-state index < -0.39 is 5.82 Å². The molecular formula is C26H15FN2. The molecule has 0 aromatic heterocycles. The fourth-order valence-corrected chi connectivity index (χ4v) is 3.58. The summed E-state index contributed by atoms with van der Waals surface area (Å²) in [5, 5.41) is 19.4. The lowest BCUT2D eigenvalue weighted by Crippen LogP contribution is -1.98. The largest absolute Gasteiger partial charge is 0.206 e. The van der Waals surface area contributed by atoms with E-state index in [1.54, 1.807) is 0 Å². The van der Waals surface area contributed by atoms with Crippen LogP contribution in [0.3, 0.4) is 0 Å². The highest BCUT2D eigenvalue weighted by atomic mass is 19.1. The molecule has 4 rings (SSSR count). The smallest absolute Gasteiger partial charge is 0.141 e. The number of hydrogen-bond acceptors (Lipinski definition) is 2. The molecule has 0 aliphatic rings. The van der Waals surface area contributed by atoms with Gasteiger partial charge in [0, 0.05) is 11.1 Å². The fraction of sp³-hybridized carbons (Fsp3) is 0. The molecule has 0 radical (unpaired) electrons. The zero-order chi connectivity index (χ0) is 20.2. The lowest BCUT2D eigenvalue weighted by Gasteiger charge is -2.18. The predicted octanol–water partition coefficient (Wildman–Crippen LogP) is 6.57. The molecule has 0 atom stereocenters. The topological polar surface area (TPSA) is 47.6 Å². The second kappa shape index (κ2) is 7.80. The molecule has 4 aromatic rings. The highest BCUT2D eigenvalue weighted by Crippen LogP contribution is 2.43. The Bertz CT molecular complexity index is 1210. The van der Waals surface area contributed by atoms with Gasteiger partial charge < -0.3 is 0 Å². The molecule has 0 unspecified atom stereocenters. The summed E-state index contributed by atoms with van der Waals surface area (Å²) in [5.41, 5.74) is 4.68. The summed E-state index contributed by atoms with van der Waals surface area (Å²) in [6, 6.07) is 31.9. The van der Waals surface area contributed by atoms with E-state index in [2.05, 4.69) is 6.07 Å². The molecule has 0 amide bonds. The molecule has 0 heterocycles. The van der Waals surface area contributed by atoms with Gasteiger partial charge in [0.2, 0.25) is 0 Å². The van der Waals surface area contributed by atoms with Crippen LogP contribution in [0.15, 0.2) is 91.0 Å². The Kier molecular flexibility index (Phi) is 4.89. The number of nitriles is 2. The third-order valence-electron chi connectivity index (χ3n) is 4.87. The van der Waals surface area contributed by atoms with Gasteiger partial charge in [-0.15, -0.1) is 0 Å². The van der Waals surface area contributed by atoms with Gasteiger partial charge in [0.05, 0.1) is 17.2 Å². The van der Waals surface area contributed by atoms with E-state index in [1.807, 2.05) is 84.9 Å². The summed E-state index contributed by atoms with van der Waals surface area (Å²) < 4.78 is 14.6. The maximum absolute atomic E-state index is 14.6. The van der Waals surface area contributed by atoms with Crippen LogP contribution < -0.4 is 0 Å². The first-order chi connectivity index (χ1) is 14.2. The quantitative estimate of drug-likeness (QED) is 0.407. The second-order valence-corrected chi connectivity index (χ2v) is 6.53. The minimum Gasteiger partial charge on any atom is -0.206 e. The zero-order valence-corrected chi connectivity index (χ0v) is 15.4. The van der Waals surface area contributed by atoms with Gasteiger partial charge in [-0.2, -0.15) is 10.5 Å². The minimum absolute atomic E-state index is 0.121. The molecule has 0 bridgehead atoms. The molecule has 2 nitrogen and oxygen atoms in total. The molecule has 4 aromatic carbocycles. The van der Waals surface area contributed by atoms with Crippen LogP contribution in [-0.4, -0.2) is 0 Å². The Balaban J connectivity index is 2.18. The molecule has 0 fully saturated rings. The van der Waals surface area contributed by atoms with Crippen molar-refractivity contribution in [3.8, 4) is 45.5 Å². The Morgan fingerprint density at radius 1 is 0.552 bits per heavy atom. The van der Waals surface area contributed by atoms with Crippen molar-refractivity contribution in [2.45, 2.75) is 0 Å². The number of nitrogens with zero attached hydrogens (tertiary/aromatic N) is 2. The van der Waals surface area contributed by atoms with Crippen LogP contribution in [0.1, 0.15) is 11.1 Å². The molecule has 136 valence electrons. The first kappa shape index (κ1) is 18.2. The van der Waals surface area contributed by atoms with E-state index in [1.165, 1.54) is 12.1 Å². The first-order valence-corrected chi connectivity index (χ1v) is 9.11. The van der Waals surface area contributed by atoms with Crippen molar-refractivity contribution in [2.24, 2.45) is 0 Å². The maximum atomic E-state index is 14.6. The molecule has 0 spiro atoms. The van der Waals surface area contributed by atoms with Crippen molar-refractivity contribution in [2.75, 3.05) is 0 Å². The van der Waals surface area contributed by atoms with E-state index >= 15 is 0 Å². The van der Waals surface area contributed by atoms with Gasteiger partial charge in [-0.1, -0.05) is 78.9 Å². The van der Waals surface area contributed by atoms with Gasteiger partial charge >= 0.3 is 0 Å². The number of benzene rings is 4. The zero-order valence-electron chi connectivity index (χ0n) is 15.4. The fourth-order valence-electron chi connectivity index (χ4n) is 3.58. The monoisotopic (exact) mass is 374 g/mol. The standard InChI is InChI=1S/C26H15FN2/c27-24-15-14-20(16-28)25(23(24)17-29)26-21(18-8-3-1-4-9-18)12-7-13-22(26)19-10-5-2-6-11-19/h1-15H. The molecule has 0 saturated heterocycles. The van der Waals surface area contributed by atoms with Crippen LogP contribution in [-0.2, 0) is 0 Å². The molecule has 0 aliphatic carbocycles. The molecule has 0 saturated carbocycles. The van der Waals surface area contributed by atoms with Crippen LogP contribution in [0, 0.1) is 28.5 Å². The minimum atomic E-state index is -0.636. The van der Waals surface area contributed by atoms with E-state index in [0.717, 1.165) is 22.3 Å². The van der Waals surface area contributed by atoms with Crippen LogP contribution in [0.2, 0.25) is 0 Å². The van der Waals surface area contributed by atoms with Crippen molar-refractivity contribution >= 4 is 0 Å². The van der Waals surface area contributed by atoms with Crippen LogP contribution in [0.25, 0.3) is 33.4 Å². The second-order valence-electron chi connectivity index (χ2n) is 6.53. The van der Waals surface area contributed by atoms with Gasteiger partial charge in [-0.05, 0) is 34.4 Å². The van der Waals surface area contributed by atoms with Crippen molar-refractivity contribution in [1.29, 1.82) is 10.5 Å². The number of halogens is 1. The normalized spacial score (nSPS) is 10.2. The summed E-state index contributed by atoms with van der Waals surface area (Å²) in [6.45, 7) is 0. The third-order valence-corrected chi connectivity index (χ3v) is 4.87. The van der Waals surface area contributed by atoms with Crippen LogP contribution in [0.4, 0.5) is 4.39 Å². The summed E-state index contributed by atoms with van der Waals surface area (Å²) >= 11 is 0. The Hall–Kier alpha value is -4.21. The molecule has 29 heavy (non-hydrogen) atoms. The van der Waals surface area contributed by atoms with Gasteiger partial charge in [-0.3, -0.25) is 0 Å². The van der Waals surface area contributed by atoms with Crippen molar-refractivity contribution in [3.63, 3.8) is 0 Å². The average molecular weight is 374 g/mol. The average Bonchev–Trinajstić information content (AvgIpc) is 2.79. The van der Waals surface area contributed by atoms with E-state index in [0.29, 0.717) is 11.1 Å². The Labute approximate surface area is 168 Å². The highest BCUT2D eigenvalue weighted by Gasteiger charge is 2.22. The molecule has 0 aliphatic heterocycles. The molecule has 0 N–H and O–H groups in total. The van der Waals surface area contributed by atoms with Gasteiger partial charge in [0.25, 0.3) is 0 Å². The maximum Gasteiger partial charge on any atom is 0.141 e. The van der Waals surface area contributed by atoms with E-state index in [-0.39, 0.29) is 11.1 Å². The van der Waals surface area contributed by atoms with Crippen molar-refractivity contribution in [3.05, 3.63) is 108 Å². The van der Waals surface area contributed by atoms with Gasteiger partial charge in [-0.25, -0.2) is 4.39 Å². The van der Waals surface area contributed by atoms with Crippen LogP contribution in [0.5, 0.6) is 0 Å². The Morgan fingerprint density at radius 3 is 1.59 bits per heavy atom. The molecular weight excluding hydrogens is 359 g/mol. The molecule has 3 heteroatoms. The third kappa shape index (κ3) is 3.27. The SMILES string of the molecule is N#Cc1ccc(F)c(C#N)c1-c1c(-c2ccccc2)cccc1-c1ccccc1. The summed E-state index contributed by atoms with van der Waals surface area (Å²) in [7, 11) is 0. The van der Waals surface area contributed by atoms with E-state index in [9.17, 15) is 14.9 Å². The van der Waals surface area contributed by atoms with Crippen LogP contribution >= 0.6 is 0 Å². The van der Waals surface area contributed by atoms with Crippen molar-refractivity contribution in [1.82, 2.24) is 0 Å². The van der Waals surface area contributed by atoms with E-state index in [4.69, 9.17) is 0 Å². The Morgan fingerprint density at radius 2 is 1.10 bits per heavy atom. The first-order valence-electron chi connectivity index (χ1n) is 9.11. The highest BCUT2D eigenvalue weighted by molar-refractivity contribution is 5.97. The summed E-state index contributed by atoms with van der Waals surface area (Å²) in [6.07, 6.45) is 0. The predicted molar refractivity (Wildman–Crippen MR) is 112 cm³/mol.